The molecule has 0 aliphatic carbocycles. The predicted octanol–water partition coefficient (Wildman–Crippen LogP) is 3.73. The summed E-state index contributed by atoms with van der Waals surface area (Å²) in [6.07, 6.45) is 1.97. The Morgan fingerprint density at radius 3 is 2.73 bits per heavy atom. The molecule has 3 heteroatoms. The number of halogens is 1. The van der Waals surface area contributed by atoms with Gasteiger partial charge in [0.15, 0.2) is 0 Å². The maximum Gasteiger partial charge on any atom is 0.0449 e. The molecule has 0 saturated carbocycles. The van der Waals surface area contributed by atoms with Crippen molar-refractivity contribution in [2.24, 2.45) is 5.73 Å². The van der Waals surface area contributed by atoms with Gasteiger partial charge in [-0.25, -0.2) is 0 Å². The van der Waals surface area contributed by atoms with Crippen LogP contribution in [0.2, 0.25) is 5.02 Å². The maximum absolute atomic E-state index is 6.19. The Morgan fingerprint density at radius 2 is 2.13 bits per heavy atom. The molecule has 0 amide bonds. The summed E-state index contributed by atoms with van der Waals surface area (Å²) in [4.78, 5) is 1.30. The molecule has 0 fully saturated rings. The summed E-state index contributed by atoms with van der Waals surface area (Å²) in [7, 11) is 0. The second kappa shape index (κ2) is 6.41. The van der Waals surface area contributed by atoms with E-state index in [2.05, 4.69) is 19.9 Å². The Hall–Kier alpha value is -0.180. The standard InChI is InChI=1S/C12H18ClNS/c1-9(2)15-12-7-3-6-11(13)10(12)5-4-8-14/h3,6-7,9H,4-5,8,14H2,1-2H3. The first kappa shape index (κ1) is 12.9. The molecule has 0 saturated heterocycles. The molecule has 1 aromatic carbocycles. The van der Waals surface area contributed by atoms with E-state index in [1.165, 1.54) is 10.5 Å². The van der Waals surface area contributed by atoms with Crippen molar-refractivity contribution >= 4 is 23.4 Å². The van der Waals surface area contributed by atoms with E-state index in [9.17, 15) is 0 Å². The molecule has 0 heterocycles. The average Bonchev–Trinajstić information content (AvgIpc) is 2.16. The van der Waals surface area contributed by atoms with Crippen molar-refractivity contribution in [3.05, 3.63) is 28.8 Å². The van der Waals surface area contributed by atoms with Crippen LogP contribution in [-0.2, 0) is 6.42 Å². The molecule has 0 spiro atoms. The number of thioether (sulfide) groups is 1. The van der Waals surface area contributed by atoms with Crippen molar-refractivity contribution in [3.63, 3.8) is 0 Å². The third kappa shape index (κ3) is 4.06. The number of hydrogen-bond donors (Lipinski definition) is 1. The summed E-state index contributed by atoms with van der Waals surface area (Å²) < 4.78 is 0. The van der Waals surface area contributed by atoms with Crippen molar-refractivity contribution < 1.29 is 0 Å². The summed E-state index contributed by atoms with van der Waals surface area (Å²) in [5.41, 5.74) is 6.78. The van der Waals surface area contributed by atoms with Crippen LogP contribution in [0.25, 0.3) is 0 Å². The van der Waals surface area contributed by atoms with Crippen LogP contribution in [-0.4, -0.2) is 11.8 Å². The lowest BCUT2D eigenvalue weighted by atomic mass is 10.1. The predicted molar refractivity (Wildman–Crippen MR) is 69.8 cm³/mol. The molecule has 0 atom stereocenters. The van der Waals surface area contributed by atoms with Gasteiger partial charge in [0, 0.05) is 15.2 Å². The third-order valence-corrected chi connectivity index (χ3v) is 3.53. The number of rotatable bonds is 5. The van der Waals surface area contributed by atoms with Crippen LogP contribution >= 0.6 is 23.4 Å². The molecule has 2 N–H and O–H groups in total. The quantitative estimate of drug-likeness (QED) is 0.798. The van der Waals surface area contributed by atoms with Gasteiger partial charge in [0.25, 0.3) is 0 Å². The largest absolute Gasteiger partial charge is 0.330 e. The van der Waals surface area contributed by atoms with Crippen LogP contribution in [0.15, 0.2) is 23.1 Å². The minimum Gasteiger partial charge on any atom is -0.330 e. The highest BCUT2D eigenvalue weighted by molar-refractivity contribution is 8.00. The van der Waals surface area contributed by atoms with Crippen molar-refractivity contribution in [1.82, 2.24) is 0 Å². The zero-order valence-electron chi connectivity index (χ0n) is 9.29. The van der Waals surface area contributed by atoms with Gasteiger partial charge in [0.2, 0.25) is 0 Å². The lowest BCUT2D eigenvalue weighted by Gasteiger charge is -2.12. The van der Waals surface area contributed by atoms with Gasteiger partial charge in [0.1, 0.15) is 0 Å². The minimum absolute atomic E-state index is 0.583. The molecule has 1 aromatic rings. The highest BCUT2D eigenvalue weighted by Crippen LogP contribution is 2.31. The summed E-state index contributed by atoms with van der Waals surface area (Å²) in [5.74, 6) is 0. The number of benzene rings is 1. The van der Waals surface area contributed by atoms with E-state index >= 15 is 0 Å². The average molecular weight is 244 g/mol. The van der Waals surface area contributed by atoms with E-state index in [4.69, 9.17) is 17.3 Å². The Labute approximate surface area is 101 Å². The van der Waals surface area contributed by atoms with Crippen molar-refractivity contribution in [3.8, 4) is 0 Å². The Bertz CT molecular complexity index is 312. The molecular weight excluding hydrogens is 226 g/mol. The van der Waals surface area contributed by atoms with Gasteiger partial charge in [-0.05, 0) is 37.1 Å². The first-order chi connectivity index (χ1) is 7.15. The molecule has 0 radical (unpaired) electrons. The fraction of sp³-hybridized carbons (Fsp3) is 0.500. The molecule has 0 unspecified atom stereocenters. The summed E-state index contributed by atoms with van der Waals surface area (Å²) in [6.45, 7) is 5.10. The SMILES string of the molecule is CC(C)Sc1cccc(Cl)c1CCCN. The zero-order valence-corrected chi connectivity index (χ0v) is 10.9. The van der Waals surface area contributed by atoms with E-state index in [0.717, 1.165) is 24.4 Å². The summed E-state index contributed by atoms with van der Waals surface area (Å²) in [6, 6.07) is 6.11. The molecule has 0 aliphatic heterocycles. The van der Waals surface area contributed by atoms with Gasteiger partial charge in [-0.15, -0.1) is 11.8 Å². The number of hydrogen-bond acceptors (Lipinski definition) is 2. The monoisotopic (exact) mass is 243 g/mol. The highest BCUT2D eigenvalue weighted by Gasteiger charge is 2.08. The number of nitrogens with two attached hydrogens (primary N) is 1. The van der Waals surface area contributed by atoms with Crippen LogP contribution in [0.4, 0.5) is 0 Å². The highest BCUT2D eigenvalue weighted by atomic mass is 35.5. The van der Waals surface area contributed by atoms with Crippen molar-refractivity contribution in [2.45, 2.75) is 36.8 Å². The fourth-order valence-electron chi connectivity index (χ4n) is 1.42. The van der Waals surface area contributed by atoms with Crippen LogP contribution in [0.3, 0.4) is 0 Å². The second-order valence-corrected chi connectivity index (χ2v) is 5.80. The fourth-order valence-corrected chi connectivity index (χ4v) is 2.77. The Morgan fingerprint density at radius 1 is 1.40 bits per heavy atom. The Balaban J connectivity index is 2.87. The molecule has 0 aromatic heterocycles. The molecule has 1 rings (SSSR count). The van der Waals surface area contributed by atoms with E-state index in [1.54, 1.807) is 0 Å². The van der Waals surface area contributed by atoms with Gasteiger partial charge in [0.05, 0.1) is 0 Å². The topological polar surface area (TPSA) is 26.0 Å². The van der Waals surface area contributed by atoms with Crippen LogP contribution in [0.5, 0.6) is 0 Å². The van der Waals surface area contributed by atoms with Crippen LogP contribution < -0.4 is 5.73 Å². The van der Waals surface area contributed by atoms with Gasteiger partial charge in [-0.2, -0.15) is 0 Å². The first-order valence-corrected chi connectivity index (χ1v) is 6.55. The minimum atomic E-state index is 0.583. The zero-order chi connectivity index (χ0) is 11.3. The normalized spacial score (nSPS) is 11.0. The first-order valence-electron chi connectivity index (χ1n) is 5.29. The third-order valence-electron chi connectivity index (χ3n) is 2.07. The van der Waals surface area contributed by atoms with Gasteiger partial charge >= 0.3 is 0 Å². The molecule has 84 valence electrons. The summed E-state index contributed by atoms with van der Waals surface area (Å²) >= 11 is 8.06. The van der Waals surface area contributed by atoms with Gasteiger partial charge in [-0.3, -0.25) is 0 Å². The molecular formula is C12H18ClNS. The van der Waals surface area contributed by atoms with E-state index < -0.39 is 0 Å². The lowest BCUT2D eigenvalue weighted by Crippen LogP contribution is -2.02. The van der Waals surface area contributed by atoms with Gasteiger partial charge < -0.3 is 5.73 Å². The van der Waals surface area contributed by atoms with Crippen molar-refractivity contribution in [1.29, 1.82) is 0 Å². The van der Waals surface area contributed by atoms with E-state index in [0.29, 0.717) is 5.25 Å². The van der Waals surface area contributed by atoms with Crippen molar-refractivity contribution in [2.75, 3.05) is 6.54 Å². The summed E-state index contributed by atoms with van der Waals surface area (Å²) in [5, 5.41) is 1.45. The maximum atomic E-state index is 6.19. The molecule has 1 nitrogen and oxygen atoms in total. The Kier molecular flexibility index (Phi) is 5.51. The van der Waals surface area contributed by atoms with E-state index in [-0.39, 0.29) is 0 Å². The molecule has 0 bridgehead atoms. The lowest BCUT2D eigenvalue weighted by molar-refractivity contribution is 0.820. The molecule has 0 aliphatic rings. The second-order valence-electron chi connectivity index (χ2n) is 3.78. The smallest absolute Gasteiger partial charge is 0.0449 e. The van der Waals surface area contributed by atoms with Crippen LogP contribution in [0.1, 0.15) is 25.8 Å². The van der Waals surface area contributed by atoms with Crippen LogP contribution in [0, 0.1) is 0 Å². The van der Waals surface area contributed by atoms with Gasteiger partial charge in [-0.1, -0.05) is 31.5 Å². The molecule has 15 heavy (non-hydrogen) atoms. The van der Waals surface area contributed by atoms with E-state index in [1.807, 2.05) is 23.9 Å².